The summed E-state index contributed by atoms with van der Waals surface area (Å²) in [7, 11) is 3.02. The van der Waals surface area contributed by atoms with Crippen molar-refractivity contribution in [2.75, 3.05) is 19.5 Å². The van der Waals surface area contributed by atoms with E-state index in [9.17, 15) is 4.79 Å². The van der Waals surface area contributed by atoms with Gasteiger partial charge in [-0.1, -0.05) is 23.7 Å². The molecule has 0 aliphatic rings. The Morgan fingerprint density at radius 3 is 2.55 bits per heavy atom. The van der Waals surface area contributed by atoms with Crippen LogP contribution in [-0.4, -0.2) is 25.1 Å². The Morgan fingerprint density at radius 2 is 1.86 bits per heavy atom. The van der Waals surface area contributed by atoms with Gasteiger partial charge in [-0.3, -0.25) is 4.79 Å². The zero-order valence-electron chi connectivity index (χ0n) is 16.8. The molecule has 1 heterocycles. The Hall–Kier alpha value is -2.99. The maximum atomic E-state index is 12.4. The molecule has 0 bridgehead atoms. The summed E-state index contributed by atoms with van der Waals surface area (Å²) in [5.74, 6) is 1.91. The van der Waals surface area contributed by atoms with E-state index in [0.29, 0.717) is 40.3 Å². The summed E-state index contributed by atoms with van der Waals surface area (Å²) in [6, 6.07) is 9.34. The topological polar surface area (TPSA) is 73.6 Å². The van der Waals surface area contributed by atoms with Crippen LogP contribution in [0.25, 0.3) is 11.3 Å². The first-order valence-corrected chi connectivity index (χ1v) is 9.52. The molecule has 0 radical (unpaired) electrons. The van der Waals surface area contributed by atoms with Gasteiger partial charge in [-0.05, 0) is 31.0 Å². The Balaban J connectivity index is 1.64. The molecule has 1 N–H and O–H groups in total. The molecule has 1 amide bonds. The zero-order valence-corrected chi connectivity index (χ0v) is 17.6. The van der Waals surface area contributed by atoms with Gasteiger partial charge in [0.2, 0.25) is 5.91 Å². The number of carbonyl (C=O) groups excluding carboxylic acids is 1. The molecule has 0 saturated carbocycles. The number of methoxy groups -OCH3 is 2. The Labute approximate surface area is 174 Å². The van der Waals surface area contributed by atoms with Crippen LogP contribution in [0.2, 0.25) is 5.02 Å². The van der Waals surface area contributed by atoms with Crippen molar-refractivity contribution in [3.8, 4) is 22.8 Å². The number of benzene rings is 2. The quantitative estimate of drug-likeness (QED) is 0.575. The summed E-state index contributed by atoms with van der Waals surface area (Å²) >= 11 is 6.09. The number of nitrogens with one attached hydrogen (secondary N) is 1. The maximum absolute atomic E-state index is 12.4. The highest BCUT2D eigenvalue weighted by Crippen LogP contribution is 2.36. The molecule has 0 aliphatic heterocycles. The van der Waals surface area contributed by atoms with Gasteiger partial charge in [-0.15, -0.1) is 0 Å². The highest BCUT2D eigenvalue weighted by atomic mass is 35.5. The zero-order chi connectivity index (χ0) is 21.0. The van der Waals surface area contributed by atoms with Crippen molar-refractivity contribution in [3.05, 3.63) is 58.6 Å². The predicted molar refractivity (Wildman–Crippen MR) is 113 cm³/mol. The number of aromatic nitrogens is 1. The predicted octanol–water partition coefficient (Wildman–Crippen LogP) is 5.20. The van der Waals surface area contributed by atoms with E-state index in [2.05, 4.69) is 30.2 Å². The van der Waals surface area contributed by atoms with Gasteiger partial charge < -0.3 is 19.2 Å². The second kappa shape index (κ2) is 9.01. The lowest BCUT2D eigenvalue weighted by atomic mass is 10.1. The van der Waals surface area contributed by atoms with Crippen LogP contribution >= 0.6 is 11.6 Å². The number of halogens is 1. The molecule has 1 aromatic heterocycles. The van der Waals surface area contributed by atoms with Gasteiger partial charge >= 0.3 is 0 Å². The van der Waals surface area contributed by atoms with Crippen molar-refractivity contribution in [2.45, 2.75) is 26.7 Å². The minimum atomic E-state index is -0.196. The number of nitrogens with zero attached hydrogens (tertiary/aromatic N) is 1. The number of oxazole rings is 1. The fourth-order valence-electron chi connectivity index (χ4n) is 2.85. The van der Waals surface area contributed by atoms with E-state index in [-0.39, 0.29) is 12.3 Å². The van der Waals surface area contributed by atoms with Crippen LogP contribution in [0.3, 0.4) is 0 Å². The number of amides is 1. The minimum absolute atomic E-state index is 0.196. The third kappa shape index (κ3) is 4.90. The average molecular weight is 415 g/mol. The molecular weight excluding hydrogens is 392 g/mol. The van der Waals surface area contributed by atoms with Crippen molar-refractivity contribution >= 4 is 23.2 Å². The van der Waals surface area contributed by atoms with E-state index in [1.165, 1.54) is 25.3 Å². The van der Waals surface area contributed by atoms with Gasteiger partial charge in [0.15, 0.2) is 11.7 Å². The van der Waals surface area contributed by atoms with Gasteiger partial charge in [0.25, 0.3) is 0 Å². The molecular formula is C22H23ClN2O4. The largest absolute Gasteiger partial charge is 0.495 e. The lowest BCUT2D eigenvalue weighted by Crippen LogP contribution is -2.13. The average Bonchev–Trinajstić information content (AvgIpc) is 3.18. The lowest BCUT2D eigenvalue weighted by Gasteiger charge is -2.13. The summed E-state index contributed by atoms with van der Waals surface area (Å²) in [5.41, 5.74) is 3.86. The monoisotopic (exact) mass is 414 g/mol. The molecule has 2 aromatic carbocycles. The number of ether oxygens (including phenoxy) is 2. The number of carbonyl (C=O) groups is 1. The van der Waals surface area contributed by atoms with E-state index in [1.54, 1.807) is 18.3 Å². The van der Waals surface area contributed by atoms with E-state index >= 15 is 0 Å². The summed E-state index contributed by atoms with van der Waals surface area (Å²) in [6.07, 6.45) is 2.27. The van der Waals surface area contributed by atoms with Gasteiger partial charge in [0.05, 0.1) is 31.1 Å². The van der Waals surface area contributed by atoms with Crippen LogP contribution in [0.4, 0.5) is 5.69 Å². The summed E-state index contributed by atoms with van der Waals surface area (Å²) in [4.78, 5) is 16.7. The third-order valence-corrected chi connectivity index (χ3v) is 4.95. The molecule has 0 fully saturated rings. The van der Waals surface area contributed by atoms with Crippen LogP contribution < -0.4 is 14.8 Å². The molecule has 0 spiro atoms. The van der Waals surface area contributed by atoms with Crippen LogP contribution in [0.5, 0.6) is 11.5 Å². The second-order valence-corrected chi connectivity index (χ2v) is 7.06. The van der Waals surface area contributed by atoms with Crippen molar-refractivity contribution in [2.24, 2.45) is 0 Å². The number of rotatable bonds is 7. The molecule has 0 aliphatic carbocycles. The van der Waals surface area contributed by atoms with Crippen LogP contribution in [0, 0.1) is 13.8 Å². The van der Waals surface area contributed by atoms with Crippen LogP contribution in [0.1, 0.15) is 23.4 Å². The summed E-state index contributed by atoms with van der Waals surface area (Å²) in [5, 5.41) is 3.22. The molecule has 3 rings (SSSR count). The molecule has 0 atom stereocenters. The molecule has 152 valence electrons. The maximum Gasteiger partial charge on any atom is 0.224 e. The number of anilines is 1. The van der Waals surface area contributed by atoms with Gasteiger partial charge in [0, 0.05) is 30.5 Å². The molecule has 6 nitrogen and oxygen atoms in total. The number of aryl methyl sites for hydroxylation is 3. The van der Waals surface area contributed by atoms with Crippen LogP contribution in [0.15, 0.2) is 40.9 Å². The summed E-state index contributed by atoms with van der Waals surface area (Å²) < 4.78 is 16.3. The van der Waals surface area contributed by atoms with Gasteiger partial charge in [0.1, 0.15) is 11.5 Å². The smallest absolute Gasteiger partial charge is 0.224 e. The van der Waals surface area contributed by atoms with Gasteiger partial charge in [-0.2, -0.15) is 0 Å². The molecule has 0 saturated heterocycles. The van der Waals surface area contributed by atoms with E-state index in [4.69, 9.17) is 25.5 Å². The standard InChI is InChI=1S/C22H23ClN2O4/c1-13-5-6-15(9-14(13)2)20-12-24-22(29-20)8-7-21(26)25-17-11-18(27-3)16(23)10-19(17)28-4/h5-6,9-12H,7-8H2,1-4H3,(H,25,26). The van der Waals surface area contributed by atoms with Crippen molar-refractivity contribution in [3.63, 3.8) is 0 Å². The van der Waals surface area contributed by atoms with E-state index in [1.807, 2.05) is 12.1 Å². The highest BCUT2D eigenvalue weighted by Gasteiger charge is 2.14. The van der Waals surface area contributed by atoms with Gasteiger partial charge in [-0.25, -0.2) is 4.98 Å². The molecule has 3 aromatic rings. The SMILES string of the molecule is COc1cc(NC(=O)CCc2ncc(-c3ccc(C)c(C)c3)o2)c(OC)cc1Cl. The molecule has 29 heavy (non-hydrogen) atoms. The highest BCUT2D eigenvalue weighted by molar-refractivity contribution is 6.32. The summed E-state index contributed by atoms with van der Waals surface area (Å²) in [6.45, 7) is 4.12. The number of hydrogen-bond donors (Lipinski definition) is 1. The molecule has 7 heteroatoms. The lowest BCUT2D eigenvalue weighted by molar-refractivity contribution is -0.116. The van der Waals surface area contributed by atoms with E-state index in [0.717, 1.165) is 5.56 Å². The normalized spacial score (nSPS) is 10.7. The fourth-order valence-corrected chi connectivity index (χ4v) is 3.08. The Bertz CT molecular complexity index is 1030. The first kappa shape index (κ1) is 20.7. The molecule has 0 unspecified atom stereocenters. The fraction of sp³-hybridized carbons (Fsp3) is 0.273. The van der Waals surface area contributed by atoms with Crippen LogP contribution in [-0.2, 0) is 11.2 Å². The minimum Gasteiger partial charge on any atom is -0.495 e. The Kier molecular flexibility index (Phi) is 6.44. The number of hydrogen-bond acceptors (Lipinski definition) is 5. The first-order chi connectivity index (χ1) is 13.9. The van der Waals surface area contributed by atoms with E-state index < -0.39 is 0 Å². The first-order valence-electron chi connectivity index (χ1n) is 9.15. The second-order valence-electron chi connectivity index (χ2n) is 6.65. The third-order valence-electron chi connectivity index (χ3n) is 4.66. The Morgan fingerprint density at radius 1 is 1.10 bits per heavy atom. The van der Waals surface area contributed by atoms with Crippen molar-refractivity contribution in [1.29, 1.82) is 0 Å². The van der Waals surface area contributed by atoms with Crippen molar-refractivity contribution in [1.82, 2.24) is 4.98 Å². The van der Waals surface area contributed by atoms with Crippen molar-refractivity contribution < 1.29 is 18.7 Å².